The van der Waals surface area contributed by atoms with Gasteiger partial charge in [0, 0.05) is 44.0 Å². The van der Waals surface area contributed by atoms with Gasteiger partial charge < -0.3 is 24.8 Å². The van der Waals surface area contributed by atoms with Crippen LogP contribution in [-0.2, 0) is 14.3 Å². The number of hydrogen-bond acceptors (Lipinski definition) is 6. The number of piperazine rings is 1. The minimum Gasteiger partial charge on any atom is -0.369 e. The fourth-order valence-electron chi connectivity index (χ4n) is 6.11. The zero-order chi connectivity index (χ0) is 25.4. The van der Waals surface area contributed by atoms with E-state index in [1.54, 1.807) is 12.1 Å². The summed E-state index contributed by atoms with van der Waals surface area (Å²) in [6.07, 6.45) is -0.258. The van der Waals surface area contributed by atoms with Gasteiger partial charge in [-0.05, 0) is 50.1 Å². The number of nitrogens with zero attached hydrogens (tertiary/aromatic N) is 3. The molecule has 3 aliphatic heterocycles. The maximum absolute atomic E-state index is 13.7. The minimum atomic E-state index is -2.69. The third-order valence-corrected chi connectivity index (χ3v) is 8.25. The number of carbonyl (C=O) groups excluding carboxylic acids is 3. The van der Waals surface area contributed by atoms with Gasteiger partial charge in [-0.25, -0.2) is 8.78 Å². The Morgan fingerprint density at radius 2 is 1.72 bits per heavy atom. The number of halogens is 2. The summed E-state index contributed by atoms with van der Waals surface area (Å²) in [7, 11) is 2.10. The van der Waals surface area contributed by atoms with Crippen molar-refractivity contribution in [1.82, 2.24) is 15.1 Å². The fourth-order valence-corrected chi connectivity index (χ4v) is 6.11. The molecule has 3 heterocycles. The predicted octanol–water partition coefficient (Wildman–Crippen LogP) is 1.79. The molecule has 36 heavy (non-hydrogen) atoms. The number of hydrogen-bond donors (Lipinski definition) is 1. The first-order valence-corrected chi connectivity index (χ1v) is 12.9. The molecule has 2 amide bonds. The zero-order valence-electron chi connectivity index (χ0n) is 20.6. The summed E-state index contributed by atoms with van der Waals surface area (Å²) >= 11 is 0. The molecular formula is C26H34F2N4O4. The van der Waals surface area contributed by atoms with Gasteiger partial charge >= 0.3 is 0 Å². The van der Waals surface area contributed by atoms with Crippen LogP contribution in [0.5, 0.6) is 0 Å². The van der Waals surface area contributed by atoms with Crippen LogP contribution in [0.1, 0.15) is 36.0 Å². The average Bonchev–Trinajstić information content (AvgIpc) is 3.62. The van der Waals surface area contributed by atoms with E-state index in [-0.39, 0.29) is 30.8 Å². The molecule has 0 spiro atoms. The Bertz CT molecular complexity index is 977. The first-order valence-electron chi connectivity index (χ1n) is 12.9. The third kappa shape index (κ3) is 4.85. The number of fused-ring (bicyclic) bond motifs is 1. The van der Waals surface area contributed by atoms with Gasteiger partial charge in [-0.3, -0.25) is 14.4 Å². The number of likely N-dealkylation sites (tertiary alicyclic amines) is 1. The lowest BCUT2D eigenvalue weighted by Gasteiger charge is -2.34. The quantitative estimate of drug-likeness (QED) is 0.636. The molecule has 4 atom stereocenters. The lowest BCUT2D eigenvalue weighted by atomic mass is 9.95. The molecule has 0 radical (unpaired) electrons. The molecule has 5 rings (SSSR count). The largest absolute Gasteiger partial charge is 0.369 e. The van der Waals surface area contributed by atoms with E-state index in [4.69, 9.17) is 4.74 Å². The van der Waals surface area contributed by atoms with Gasteiger partial charge in [-0.2, -0.15) is 0 Å². The van der Waals surface area contributed by atoms with E-state index in [9.17, 15) is 23.2 Å². The number of likely N-dealkylation sites (N-methyl/N-ethyl adjacent to an activating group) is 1. The monoisotopic (exact) mass is 504 g/mol. The number of amides is 2. The standard InChI is InChI=1S/C26H34F2N4O4/c1-30-10-12-31(13-11-30)18-8-6-17(7-9-18)25(34)29-21(16-4-2-3-5-16)26(35)32-14-19(24(27)28)23-22(32)20(33)15-36-23/h6-9,16,19,21-24H,2-5,10-15H2,1H3,(H,29,34)/t19-,21+,22-,23-/m1/s1. The van der Waals surface area contributed by atoms with E-state index in [1.807, 2.05) is 12.1 Å². The van der Waals surface area contributed by atoms with Crippen LogP contribution in [0.25, 0.3) is 0 Å². The van der Waals surface area contributed by atoms with Crippen LogP contribution in [0.4, 0.5) is 14.5 Å². The van der Waals surface area contributed by atoms with Gasteiger partial charge in [-0.1, -0.05) is 12.8 Å². The van der Waals surface area contributed by atoms with Crippen molar-refractivity contribution in [2.24, 2.45) is 11.8 Å². The fraction of sp³-hybridized carbons (Fsp3) is 0.654. The van der Waals surface area contributed by atoms with E-state index in [1.165, 1.54) is 4.90 Å². The molecule has 0 aromatic heterocycles. The molecule has 1 aliphatic carbocycles. The highest BCUT2D eigenvalue weighted by Gasteiger charge is 2.56. The second kappa shape index (κ2) is 10.4. The van der Waals surface area contributed by atoms with Crippen molar-refractivity contribution in [1.29, 1.82) is 0 Å². The molecule has 0 bridgehead atoms. The first-order chi connectivity index (χ1) is 17.3. The number of rotatable bonds is 6. The Hall–Kier alpha value is -2.59. The van der Waals surface area contributed by atoms with E-state index in [2.05, 4.69) is 22.2 Å². The van der Waals surface area contributed by atoms with Crippen LogP contribution in [0.2, 0.25) is 0 Å². The van der Waals surface area contributed by atoms with Crippen molar-refractivity contribution in [2.45, 2.75) is 50.3 Å². The van der Waals surface area contributed by atoms with Crippen LogP contribution in [0, 0.1) is 11.8 Å². The second-order valence-corrected chi connectivity index (χ2v) is 10.5. The molecule has 8 nitrogen and oxygen atoms in total. The van der Waals surface area contributed by atoms with Gasteiger partial charge in [0.15, 0.2) is 5.78 Å². The highest BCUT2D eigenvalue weighted by molar-refractivity contribution is 5.99. The molecule has 1 aromatic carbocycles. The molecule has 1 saturated carbocycles. The summed E-state index contributed by atoms with van der Waals surface area (Å²) in [4.78, 5) is 45.1. The molecular weight excluding hydrogens is 470 g/mol. The first kappa shape index (κ1) is 25.1. The zero-order valence-corrected chi connectivity index (χ0v) is 20.6. The number of Topliss-reactive ketones (excluding diaryl/α,β-unsaturated/α-hetero) is 1. The average molecular weight is 505 g/mol. The van der Waals surface area contributed by atoms with Crippen LogP contribution in [-0.4, -0.2) is 98.4 Å². The molecule has 4 aliphatic rings. The van der Waals surface area contributed by atoms with Crippen molar-refractivity contribution in [3.63, 3.8) is 0 Å². The Kier molecular flexibility index (Phi) is 7.25. The summed E-state index contributed by atoms with van der Waals surface area (Å²) in [6.45, 7) is 3.29. The number of ketones is 1. The predicted molar refractivity (Wildman–Crippen MR) is 129 cm³/mol. The molecule has 196 valence electrons. The summed E-state index contributed by atoms with van der Waals surface area (Å²) < 4.78 is 32.7. The Morgan fingerprint density at radius 3 is 2.36 bits per heavy atom. The molecule has 1 aromatic rings. The minimum absolute atomic E-state index is 0.0902. The van der Waals surface area contributed by atoms with Crippen LogP contribution in [0.15, 0.2) is 24.3 Å². The summed E-state index contributed by atoms with van der Waals surface area (Å²) in [5, 5.41) is 2.91. The van der Waals surface area contributed by atoms with Crippen LogP contribution < -0.4 is 10.2 Å². The van der Waals surface area contributed by atoms with Crippen LogP contribution in [0.3, 0.4) is 0 Å². The summed E-state index contributed by atoms with van der Waals surface area (Å²) in [5.41, 5.74) is 1.48. The molecule has 0 unspecified atom stereocenters. The van der Waals surface area contributed by atoms with E-state index in [0.29, 0.717) is 5.56 Å². The highest BCUT2D eigenvalue weighted by Crippen LogP contribution is 2.37. The Labute approximate surface area is 209 Å². The highest BCUT2D eigenvalue weighted by atomic mass is 19.3. The number of anilines is 1. The summed E-state index contributed by atoms with van der Waals surface area (Å²) in [6, 6.07) is 5.49. The number of nitrogens with one attached hydrogen (secondary N) is 1. The van der Waals surface area contributed by atoms with Crippen molar-refractivity contribution < 1.29 is 27.9 Å². The van der Waals surface area contributed by atoms with Crippen molar-refractivity contribution in [3.05, 3.63) is 29.8 Å². The smallest absolute Gasteiger partial charge is 0.251 e. The second-order valence-electron chi connectivity index (χ2n) is 10.5. The Balaban J connectivity index is 1.31. The van der Waals surface area contributed by atoms with Gasteiger partial charge in [0.25, 0.3) is 5.91 Å². The lowest BCUT2D eigenvalue weighted by Crippen LogP contribution is -2.54. The SMILES string of the molecule is CN1CCN(c2ccc(C(=O)N[C@H](C(=O)N3C[C@@H](C(F)F)[C@H]4OCC(=O)[C@H]43)C3CCCC3)cc2)CC1. The van der Waals surface area contributed by atoms with Gasteiger partial charge in [0.1, 0.15) is 18.7 Å². The van der Waals surface area contributed by atoms with E-state index in [0.717, 1.165) is 57.5 Å². The number of benzene rings is 1. The van der Waals surface area contributed by atoms with E-state index < -0.39 is 36.4 Å². The third-order valence-electron chi connectivity index (χ3n) is 8.25. The maximum atomic E-state index is 13.7. The van der Waals surface area contributed by atoms with Gasteiger partial charge in [-0.15, -0.1) is 0 Å². The number of ether oxygens (including phenoxy) is 1. The topological polar surface area (TPSA) is 82.2 Å². The van der Waals surface area contributed by atoms with Crippen LogP contribution >= 0.6 is 0 Å². The lowest BCUT2D eigenvalue weighted by molar-refractivity contribution is -0.139. The Morgan fingerprint density at radius 1 is 1.06 bits per heavy atom. The summed E-state index contributed by atoms with van der Waals surface area (Å²) in [5.74, 6) is -2.48. The molecule has 10 heteroatoms. The van der Waals surface area contributed by atoms with Crippen molar-refractivity contribution in [3.8, 4) is 0 Å². The van der Waals surface area contributed by atoms with Gasteiger partial charge in [0.05, 0.1) is 12.0 Å². The molecule has 3 saturated heterocycles. The normalized spacial score (nSPS) is 28.1. The number of alkyl halides is 2. The molecule has 1 N–H and O–H groups in total. The maximum Gasteiger partial charge on any atom is 0.251 e. The van der Waals surface area contributed by atoms with E-state index >= 15 is 0 Å². The van der Waals surface area contributed by atoms with Crippen molar-refractivity contribution in [2.75, 3.05) is 51.3 Å². The van der Waals surface area contributed by atoms with Crippen molar-refractivity contribution >= 4 is 23.3 Å². The molecule has 4 fully saturated rings. The van der Waals surface area contributed by atoms with Gasteiger partial charge in [0.2, 0.25) is 12.3 Å². The number of carbonyl (C=O) groups is 3.